The normalized spacial score (nSPS) is 16.5. The molecule has 1 atom stereocenters. The molecule has 23 heavy (non-hydrogen) atoms. The van der Waals surface area contributed by atoms with Crippen molar-refractivity contribution in [3.05, 3.63) is 24.3 Å². The van der Waals surface area contributed by atoms with Crippen LogP contribution in [0.25, 0.3) is 0 Å². The van der Waals surface area contributed by atoms with Crippen molar-refractivity contribution >= 4 is 23.2 Å². The molecule has 0 bridgehead atoms. The molecule has 1 N–H and O–H groups in total. The maximum absolute atomic E-state index is 12.1. The zero-order valence-electron chi connectivity index (χ0n) is 12.5. The summed E-state index contributed by atoms with van der Waals surface area (Å²) in [5.41, 5.74) is 1.05. The van der Waals surface area contributed by atoms with Crippen molar-refractivity contribution in [1.82, 2.24) is 0 Å². The number of carbonyl (C=O) groups excluding carboxylic acids is 2. The van der Waals surface area contributed by atoms with Crippen LogP contribution in [0.2, 0.25) is 0 Å². The van der Waals surface area contributed by atoms with Gasteiger partial charge in [0.1, 0.15) is 12.7 Å². The highest BCUT2D eigenvalue weighted by molar-refractivity contribution is 5.97. The molecule has 1 fully saturated rings. The third kappa shape index (κ3) is 4.95. The number of hydrogen-bond donors (Lipinski definition) is 1. The van der Waals surface area contributed by atoms with E-state index in [-0.39, 0.29) is 5.91 Å². The summed E-state index contributed by atoms with van der Waals surface area (Å²) in [6.45, 7) is 0.375. The quantitative estimate of drug-likeness (QED) is 0.903. The number of nitrogens with one attached hydrogen (secondary N) is 1. The maximum Gasteiger partial charge on any atom is 0.411 e. The average Bonchev–Trinajstić information content (AvgIpc) is 2.90. The molecule has 5 nitrogen and oxygen atoms in total. The van der Waals surface area contributed by atoms with Crippen LogP contribution in [-0.4, -0.2) is 37.2 Å². The second-order valence-electron chi connectivity index (χ2n) is 5.26. The van der Waals surface area contributed by atoms with E-state index >= 15 is 0 Å². The minimum Gasteiger partial charge on any atom is -0.359 e. The number of carbonyl (C=O) groups is 2. The minimum atomic E-state index is -4.48. The van der Waals surface area contributed by atoms with Crippen molar-refractivity contribution in [3.63, 3.8) is 0 Å². The first-order valence-electron chi connectivity index (χ1n) is 7.16. The maximum atomic E-state index is 12.1. The van der Waals surface area contributed by atoms with Gasteiger partial charge in [0.05, 0.1) is 0 Å². The summed E-state index contributed by atoms with van der Waals surface area (Å²) in [6.07, 6.45) is -4.46. The van der Waals surface area contributed by atoms with Gasteiger partial charge in [-0.25, -0.2) is 0 Å². The van der Waals surface area contributed by atoms with Gasteiger partial charge in [0.2, 0.25) is 5.91 Å². The molecule has 0 radical (unpaired) electrons. The van der Waals surface area contributed by atoms with Gasteiger partial charge in [-0.15, -0.1) is 0 Å². The van der Waals surface area contributed by atoms with Gasteiger partial charge in [-0.3, -0.25) is 9.59 Å². The molecule has 2 rings (SSSR count). The number of alkyl halides is 3. The SMILES string of the molecule is CC(OCC(F)(F)F)C(=O)Nc1cccc(N2CCCC2=O)c1. The van der Waals surface area contributed by atoms with E-state index in [1.165, 1.54) is 6.92 Å². The summed E-state index contributed by atoms with van der Waals surface area (Å²) in [7, 11) is 0. The third-order valence-electron chi connectivity index (χ3n) is 3.37. The highest BCUT2D eigenvalue weighted by atomic mass is 19.4. The molecule has 0 saturated carbocycles. The monoisotopic (exact) mass is 330 g/mol. The largest absolute Gasteiger partial charge is 0.411 e. The Hall–Kier alpha value is -2.09. The van der Waals surface area contributed by atoms with Crippen LogP contribution in [-0.2, 0) is 14.3 Å². The van der Waals surface area contributed by atoms with Gasteiger partial charge in [-0.05, 0) is 31.5 Å². The van der Waals surface area contributed by atoms with Crippen molar-refractivity contribution in [2.75, 3.05) is 23.4 Å². The van der Waals surface area contributed by atoms with Crippen LogP contribution in [0.3, 0.4) is 0 Å². The fourth-order valence-electron chi connectivity index (χ4n) is 2.21. The van der Waals surface area contributed by atoms with Crippen molar-refractivity contribution in [3.8, 4) is 0 Å². The lowest BCUT2D eigenvalue weighted by atomic mass is 10.2. The molecule has 8 heteroatoms. The second kappa shape index (κ2) is 6.99. The van der Waals surface area contributed by atoms with Gasteiger partial charge >= 0.3 is 6.18 Å². The fraction of sp³-hybridized carbons (Fsp3) is 0.467. The topological polar surface area (TPSA) is 58.6 Å². The summed E-state index contributed by atoms with van der Waals surface area (Å²) in [6, 6.07) is 6.61. The Morgan fingerprint density at radius 2 is 2.17 bits per heavy atom. The Kier molecular flexibility index (Phi) is 5.25. The van der Waals surface area contributed by atoms with Crippen LogP contribution in [0, 0.1) is 0 Å². The molecule has 0 aromatic heterocycles. The number of halogens is 3. The Morgan fingerprint density at radius 1 is 1.43 bits per heavy atom. The Labute approximate surface area is 131 Å². The van der Waals surface area contributed by atoms with Crippen LogP contribution in [0.5, 0.6) is 0 Å². The van der Waals surface area contributed by atoms with Crippen LogP contribution >= 0.6 is 0 Å². The average molecular weight is 330 g/mol. The number of amides is 2. The van der Waals surface area contributed by atoms with Crippen molar-refractivity contribution < 1.29 is 27.5 Å². The molecule has 1 aliphatic rings. The third-order valence-corrected chi connectivity index (χ3v) is 3.37. The molecule has 1 aromatic rings. The smallest absolute Gasteiger partial charge is 0.359 e. The Balaban J connectivity index is 1.97. The predicted molar refractivity (Wildman–Crippen MR) is 78.1 cm³/mol. The summed E-state index contributed by atoms with van der Waals surface area (Å²) < 4.78 is 40.7. The van der Waals surface area contributed by atoms with E-state index in [4.69, 9.17) is 0 Å². The molecule has 126 valence electrons. The molecule has 1 saturated heterocycles. The van der Waals surface area contributed by atoms with E-state index < -0.39 is 24.8 Å². The van der Waals surface area contributed by atoms with Crippen LogP contribution in [0.1, 0.15) is 19.8 Å². The Bertz CT molecular complexity index is 590. The number of nitrogens with zero attached hydrogens (tertiary/aromatic N) is 1. The summed E-state index contributed by atoms with van der Waals surface area (Å²) in [5.74, 6) is -0.672. The number of ether oxygens (including phenoxy) is 1. The lowest BCUT2D eigenvalue weighted by Crippen LogP contribution is -2.31. The number of rotatable bonds is 5. The van der Waals surface area contributed by atoms with Crippen molar-refractivity contribution in [1.29, 1.82) is 0 Å². The van der Waals surface area contributed by atoms with Gasteiger partial charge in [-0.2, -0.15) is 13.2 Å². The number of benzene rings is 1. The first-order chi connectivity index (χ1) is 10.8. The van der Waals surface area contributed by atoms with E-state index in [9.17, 15) is 22.8 Å². The van der Waals surface area contributed by atoms with Gasteiger partial charge in [0.15, 0.2) is 0 Å². The van der Waals surface area contributed by atoms with E-state index in [0.29, 0.717) is 24.3 Å². The van der Waals surface area contributed by atoms with E-state index in [1.807, 2.05) is 0 Å². The molecule has 2 amide bonds. The van der Waals surface area contributed by atoms with Crippen LogP contribution in [0.4, 0.5) is 24.5 Å². The van der Waals surface area contributed by atoms with E-state index in [0.717, 1.165) is 6.42 Å². The zero-order valence-corrected chi connectivity index (χ0v) is 12.5. The second-order valence-corrected chi connectivity index (χ2v) is 5.26. The molecule has 1 heterocycles. The number of anilines is 2. The first kappa shape index (κ1) is 17.3. The standard InChI is InChI=1S/C15H17F3N2O3/c1-10(23-9-15(16,17)18)14(22)19-11-4-2-5-12(8-11)20-7-3-6-13(20)21/h2,4-5,8,10H,3,6-7,9H2,1H3,(H,19,22). The molecule has 1 unspecified atom stereocenters. The fourth-order valence-corrected chi connectivity index (χ4v) is 2.21. The molecule has 0 spiro atoms. The molecule has 1 aromatic carbocycles. The predicted octanol–water partition coefficient (Wildman–Crippen LogP) is 2.72. The first-order valence-corrected chi connectivity index (χ1v) is 7.16. The molecular weight excluding hydrogens is 313 g/mol. The number of hydrogen-bond acceptors (Lipinski definition) is 3. The minimum absolute atomic E-state index is 0.00959. The van der Waals surface area contributed by atoms with E-state index in [2.05, 4.69) is 10.1 Å². The molecule has 0 aliphatic carbocycles. The highest BCUT2D eigenvalue weighted by Gasteiger charge is 2.30. The van der Waals surface area contributed by atoms with Crippen molar-refractivity contribution in [2.45, 2.75) is 32.0 Å². The zero-order chi connectivity index (χ0) is 17.0. The van der Waals surface area contributed by atoms with Crippen LogP contribution < -0.4 is 10.2 Å². The lowest BCUT2D eigenvalue weighted by molar-refractivity contribution is -0.184. The summed E-state index contributed by atoms with van der Waals surface area (Å²) >= 11 is 0. The highest BCUT2D eigenvalue weighted by Crippen LogP contribution is 2.24. The molecule has 1 aliphatic heterocycles. The van der Waals surface area contributed by atoms with Crippen LogP contribution in [0.15, 0.2) is 24.3 Å². The summed E-state index contributed by atoms with van der Waals surface area (Å²) in [4.78, 5) is 25.2. The van der Waals surface area contributed by atoms with Gasteiger partial charge in [0, 0.05) is 24.3 Å². The summed E-state index contributed by atoms with van der Waals surface area (Å²) in [5, 5.41) is 2.49. The van der Waals surface area contributed by atoms with Gasteiger partial charge in [-0.1, -0.05) is 6.07 Å². The van der Waals surface area contributed by atoms with E-state index in [1.54, 1.807) is 29.2 Å². The Morgan fingerprint density at radius 3 is 2.78 bits per heavy atom. The van der Waals surface area contributed by atoms with Gasteiger partial charge < -0.3 is 15.0 Å². The molecular formula is C15H17F3N2O3. The lowest BCUT2D eigenvalue weighted by Gasteiger charge is -2.18. The van der Waals surface area contributed by atoms with Gasteiger partial charge in [0.25, 0.3) is 5.91 Å². The van der Waals surface area contributed by atoms with Crippen molar-refractivity contribution in [2.24, 2.45) is 0 Å².